The fourth-order valence-corrected chi connectivity index (χ4v) is 2.66. The number of hydrogen-bond donors (Lipinski definition) is 1. The predicted octanol–water partition coefficient (Wildman–Crippen LogP) is 2.21. The molecule has 0 radical (unpaired) electrons. The Morgan fingerprint density at radius 3 is 2.71 bits per heavy atom. The van der Waals surface area contributed by atoms with E-state index in [9.17, 15) is 0 Å². The Morgan fingerprint density at radius 1 is 1.41 bits per heavy atom. The van der Waals surface area contributed by atoms with Crippen molar-refractivity contribution in [2.75, 3.05) is 25.0 Å². The van der Waals surface area contributed by atoms with Gasteiger partial charge in [-0.2, -0.15) is 0 Å². The monoisotopic (exact) mass is 233 g/mol. The van der Waals surface area contributed by atoms with Crippen molar-refractivity contribution in [1.29, 1.82) is 0 Å². The number of piperidine rings is 1. The summed E-state index contributed by atoms with van der Waals surface area (Å²) in [4.78, 5) is 6.93. The Hall–Kier alpha value is -1.09. The van der Waals surface area contributed by atoms with Crippen LogP contribution in [-0.2, 0) is 0 Å². The number of nitrogens with zero attached hydrogens (tertiary/aromatic N) is 2. The lowest BCUT2D eigenvalue weighted by Crippen LogP contribution is -2.41. The molecule has 1 aromatic heterocycles. The standard InChI is InChI=1S/C14H23N3/c1-11-5-4-8-16-14(11)17-9-6-13(7-10-17)12(2)15-3/h4-5,8,12-13,15H,6-7,9-10H2,1-3H3. The number of hydrogen-bond acceptors (Lipinski definition) is 3. The van der Waals surface area contributed by atoms with Gasteiger partial charge < -0.3 is 10.2 Å². The molecule has 1 atom stereocenters. The molecule has 0 spiro atoms. The summed E-state index contributed by atoms with van der Waals surface area (Å²) >= 11 is 0. The minimum atomic E-state index is 0.627. The molecule has 94 valence electrons. The van der Waals surface area contributed by atoms with Crippen LogP contribution in [0.4, 0.5) is 5.82 Å². The topological polar surface area (TPSA) is 28.2 Å². The lowest BCUT2D eigenvalue weighted by atomic mass is 9.90. The summed E-state index contributed by atoms with van der Waals surface area (Å²) in [5.41, 5.74) is 1.28. The molecule has 1 saturated heterocycles. The van der Waals surface area contributed by atoms with Crippen LogP contribution in [0.3, 0.4) is 0 Å². The highest BCUT2D eigenvalue weighted by Gasteiger charge is 2.24. The van der Waals surface area contributed by atoms with Gasteiger partial charge in [0.2, 0.25) is 0 Å². The first-order valence-corrected chi connectivity index (χ1v) is 6.56. The molecule has 3 heteroatoms. The molecule has 1 N–H and O–H groups in total. The molecule has 0 aromatic carbocycles. The zero-order valence-electron chi connectivity index (χ0n) is 11.1. The van der Waals surface area contributed by atoms with E-state index in [1.165, 1.54) is 24.2 Å². The van der Waals surface area contributed by atoms with Crippen LogP contribution in [-0.4, -0.2) is 31.2 Å². The number of anilines is 1. The largest absolute Gasteiger partial charge is 0.356 e. The second-order valence-corrected chi connectivity index (χ2v) is 5.05. The second-order valence-electron chi connectivity index (χ2n) is 5.05. The van der Waals surface area contributed by atoms with Gasteiger partial charge in [0.15, 0.2) is 0 Å². The van der Waals surface area contributed by atoms with Gasteiger partial charge in [0.1, 0.15) is 5.82 Å². The molecule has 1 fully saturated rings. The first-order chi connectivity index (χ1) is 8.22. The molecule has 0 amide bonds. The summed E-state index contributed by atoms with van der Waals surface area (Å²) < 4.78 is 0. The summed E-state index contributed by atoms with van der Waals surface area (Å²) in [6, 6.07) is 4.78. The average molecular weight is 233 g/mol. The zero-order chi connectivity index (χ0) is 12.3. The molecule has 2 heterocycles. The molecule has 2 rings (SSSR count). The zero-order valence-corrected chi connectivity index (χ0v) is 11.1. The van der Waals surface area contributed by atoms with Crippen LogP contribution in [0.2, 0.25) is 0 Å². The molecule has 1 aromatic rings. The first kappa shape index (κ1) is 12.4. The summed E-state index contributed by atoms with van der Waals surface area (Å²) in [6.07, 6.45) is 4.42. The number of pyridine rings is 1. The van der Waals surface area contributed by atoms with E-state index in [1.807, 2.05) is 12.3 Å². The first-order valence-electron chi connectivity index (χ1n) is 6.56. The summed E-state index contributed by atoms with van der Waals surface area (Å²) in [5.74, 6) is 1.98. The van der Waals surface area contributed by atoms with Crippen molar-refractivity contribution in [3.63, 3.8) is 0 Å². The molecule has 1 aliphatic rings. The normalized spacial score (nSPS) is 19.4. The minimum absolute atomic E-state index is 0.627. The van der Waals surface area contributed by atoms with Gasteiger partial charge in [-0.3, -0.25) is 0 Å². The lowest BCUT2D eigenvalue weighted by molar-refractivity contribution is 0.323. The Balaban J connectivity index is 1.98. The summed E-state index contributed by atoms with van der Waals surface area (Å²) in [7, 11) is 2.06. The van der Waals surface area contributed by atoms with Gasteiger partial charge in [0, 0.05) is 25.3 Å². The summed E-state index contributed by atoms with van der Waals surface area (Å²) in [6.45, 7) is 6.69. The van der Waals surface area contributed by atoms with E-state index < -0.39 is 0 Å². The molecule has 17 heavy (non-hydrogen) atoms. The Labute approximate surface area is 104 Å². The molecule has 1 aliphatic heterocycles. The fraction of sp³-hybridized carbons (Fsp3) is 0.643. The second kappa shape index (κ2) is 5.50. The van der Waals surface area contributed by atoms with Crippen LogP contribution in [0, 0.1) is 12.8 Å². The molecular formula is C14H23N3. The van der Waals surface area contributed by atoms with E-state index in [0.717, 1.165) is 19.0 Å². The third-order valence-electron chi connectivity index (χ3n) is 3.98. The van der Waals surface area contributed by atoms with Crippen LogP contribution in [0.1, 0.15) is 25.3 Å². The lowest BCUT2D eigenvalue weighted by Gasteiger charge is -2.36. The van der Waals surface area contributed by atoms with Gasteiger partial charge >= 0.3 is 0 Å². The maximum atomic E-state index is 4.50. The Bertz CT molecular complexity index is 356. The van der Waals surface area contributed by atoms with Crippen molar-refractivity contribution >= 4 is 5.82 Å². The van der Waals surface area contributed by atoms with Crippen molar-refractivity contribution in [1.82, 2.24) is 10.3 Å². The van der Waals surface area contributed by atoms with E-state index in [0.29, 0.717) is 6.04 Å². The van der Waals surface area contributed by atoms with Crippen LogP contribution in [0.25, 0.3) is 0 Å². The van der Waals surface area contributed by atoms with E-state index in [1.54, 1.807) is 0 Å². The number of aryl methyl sites for hydroxylation is 1. The van der Waals surface area contributed by atoms with Gasteiger partial charge in [-0.25, -0.2) is 4.98 Å². The summed E-state index contributed by atoms with van der Waals surface area (Å²) in [5, 5.41) is 3.37. The number of rotatable bonds is 3. The maximum Gasteiger partial charge on any atom is 0.131 e. The van der Waals surface area contributed by atoms with Crippen molar-refractivity contribution < 1.29 is 0 Å². The fourth-order valence-electron chi connectivity index (χ4n) is 2.66. The van der Waals surface area contributed by atoms with E-state index in [2.05, 4.69) is 42.2 Å². The van der Waals surface area contributed by atoms with Crippen molar-refractivity contribution in [2.24, 2.45) is 5.92 Å². The molecular weight excluding hydrogens is 210 g/mol. The van der Waals surface area contributed by atoms with Crippen LogP contribution >= 0.6 is 0 Å². The Morgan fingerprint density at radius 2 is 2.12 bits per heavy atom. The number of aromatic nitrogens is 1. The van der Waals surface area contributed by atoms with E-state index in [-0.39, 0.29) is 0 Å². The predicted molar refractivity (Wildman–Crippen MR) is 72.4 cm³/mol. The maximum absolute atomic E-state index is 4.50. The molecule has 0 bridgehead atoms. The van der Waals surface area contributed by atoms with Crippen molar-refractivity contribution in [2.45, 2.75) is 32.7 Å². The molecule has 3 nitrogen and oxygen atoms in total. The van der Waals surface area contributed by atoms with E-state index in [4.69, 9.17) is 0 Å². The Kier molecular flexibility index (Phi) is 4.00. The average Bonchev–Trinajstić information content (AvgIpc) is 2.39. The van der Waals surface area contributed by atoms with Crippen molar-refractivity contribution in [3.05, 3.63) is 23.9 Å². The third kappa shape index (κ3) is 2.78. The number of nitrogens with one attached hydrogen (secondary N) is 1. The molecule has 1 unspecified atom stereocenters. The van der Waals surface area contributed by atoms with Gasteiger partial charge in [0.25, 0.3) is 0 Å². The van der Waals surface area contributed by atoms with Crippen molar-refractivity contribution in [3.8, 4) is 0 Å². The molecule has 0 saturated carbocycles. The SMILES string of the molecule is CNC(C)C1CCN(c2ncccc2C)CC1. The highest BCUT2D eigenvalue weighted by molar-refractivity contribution is 5.46. The van der Waals surface area contributed by atoms with Gasteiger partial charge in [0.05, 0.1) is 0 Å². The molecule has 0 aliphatic carbocycles. The smallest absolute Gasteiger partial charge is 0.131 e. The highest BCUT2D eigenvalue weighted by Crippen LogP contribution is 2.25. The highest BCUT2D eigenvalue weighted by atomic mass is 15.2. The quantitative estimate of drug-likeness (QED) is 0.867. The van der Waals surface area contributed by atoms with Crippen LogP contribution < -0.4 is 10.2 Å². The van der Waals surface area contributed by atoms with Gasteiger partial charge in [-0.15, -0.1) is 0 Å². The third-order valence-corrected chi connectivity index (χ3v) is 3.98. The van der Waals surface area contributed by atoms with Gasteiger partial charge in [-0.1, -0.05) is 6.07 Å². The van der Waals surface area contributed by atoms with Crippen LogP contribution in [0.15, 0.2) is 18.3 Å². The minimum Gasteiger partial charge on any atom is -0.356 e. The van der Waals surface area contributed by atoms with Gasteiger partial charge in [-0.05, 0) is 51.3 Å². The van der Waals surface area contributed by atoms with E-state index >= 15 is 0 Å². The van der Waals surface area contributed by atoms with Crippen LogP contribution in [0.5, 0.6) is 0 Å².